The van der Waals surface area contributed by atoms with Gasteiger partial charge in [-0.25, -0.2) is 8.42 Å². The van der Waals surface area contributed by atoms with Crippen molar-refractivity contribution >= 4 is 44.9 Å². The van der Waals surface area contributed by atoms with Crippen LogP contribution in [0, 0.1) is 0 Å². The number of carboxylic acid groups (broad SMARTS) is 1. The van der Waals surface area contributed by atoms with Gasteiger partial charge in [0.05, 0.1) is 0 Å². The fourth-order valence-electron chi connectivity index (χ4n) is 2.55. The molecule has 0 saturated heterocycles. The maximum atomic E-state index is 12.2. The van der Waals surface area contributed by atoms with E-state index >= 15 is 0 Å². The van der Waals surface area contributed by atoms with Gasteiger partial charge >= 0.3 is 5.97 Å². The third-order valence-electron chi connectivity index (χ3n) is 4.05. The number of oxime groups is 1. The standard InChI is InChI=1S/C16H24N6O6S2/c17-16(18)19-6-2-1-4-10-8-11(21-28-10)14(23)20-9-12(15(24)25)22-30(26,27)13-5-3-7-29-13/h3,5,7,10,12,22H,1-2,4,6,8-9H2,(H,20,23)(H,24,25)(H4,17,18,19)/t10?,12-/m0/s1. The van der Waals surface area contributed by atoms with Gasteiger partial charge in [-0.05, 0) is 30.7 Å². The van der Waals surface area contributed by atoms with Crippen LogP contribution in [-0.2, 0) is 24.4 Å². The molecule has 14 heteroatoms. The molecule has 1 unspecified atom stereocenters. The molecular weight excluding hydrogens is 436 g/mol. The van der Waals surface area contributed by atoms with Gasteiger partial charge in [0.2, 0.25) is 0 Å². The zero-order valence-electron chi connectivity index (χ0n) is 16.0. The number of guanidine groups is 1. The molecule has 1 aromatic rings. The van der Waals surface area contributed by atoms with E-state index in [4.69, 9.17) is 16.3 Å². The number of carbonyl (C=O) groups is 2. The molecular formula is C16H24N6O6S2. The Bertz CT molecular complexity index is 895. The van der Waals surface area contributed by atoms with Crippen LogP contribution < -0.4 is 21.5 Å². The SMILES string of the molecule is NC(N)=NCCCCC1CC(C(=O)NC[C@H](NS(=O)(=O)c2cccs2)C(=O)O)=NO1. The van der Waals surface area contributed by atoms with Gasteiger partial charge in [-0.3, -0.25) is 14.6 Å². The lowest BCUT2D eigenvalue weighted by molar-refractivity contribution is -0.138. The van der Waals surface area contributed by atoms with E-state index in [-0.39, 0.29) is 28.4 Å². The first kappa shape index (κ1) is 23.6. The molecule has 2 rings (SSSR count). The van der Waals surface area contributed by atoms with E-state index in [0.717, 1.165) is 24.2 Å². The fourth-order valence-corrected chi connectivity index (χ4v) is 4.75. The Balaban J connectivity index is 1.78. The van der Waals surface area contributed by atoms with Crippen LogP contribution in [0.5, 0.6) is 0 Å². The quantitative estimate of drug-likeness (QED) is 0.151. The highest BCUT2D eigenvalue weighted by molar-refractivity contribution is 7.91. The molecule has 1 aliphatic rings. The summed E-state index contributed by atoms with van der Waals surface area (Å²) in [5.74, 6) is -2.00. The van der Waals surface area contributed by atoms with Crippen molar-refractivity contribution in [2.24, 2.45) is 21.6 Å². The molecule has 0 aromatic carbocycles. The van der Waals surface area contributed by atoms with E-state index in [2.05, 4.69) is 20.2 Å². The Morgan fingerprint density at radius 1 is 1.40 bits per heavy atom. The van der Waals surface area contributed by atoms with E-state index in [1.54, 1.807) is 5.38 Å². The maximum absolute atomic E-state index is 12.2. The van der Waals surface area contributed by atoms with Crippen LogP contribution in [0.1, 0.15) is 25.7 Å². The molecule has 166 valence electrons. The van der Waals surface area contributed by atoms with E-state index in [1.165, 1.54) is 12.1 Å². The van der Waals surface area contributed by atoms with E-state index in [0.29, 0.717) is 13.0 Å². The average Bonchev–Trinajstić information content (AvgIpc) is 3.36. The number of amides is 1. The molecule has 0 fully saturated rings. The van der Waals surface area contributed by atoms with Crippen LogP contribution in [0.3, 0.4) is 0 Å². The highest BCUT2D eigenvalue weighted by atomic mass is 32.2. The van der Waals surface area contributed by atoms with Gasteiger partial charge in [-0.1, -0.05) is 11.2 Å². The summed E-state index contributed by atoms with van der Waals surface area (Å²) >= 11 is 0.953. The topological polar surface area (TPSA) is 199 Å². The zero-order chi connectivity index (χ0) is 22.1. The van der Waals surface area contributed by atoms with Crippen LogP contribution in [0.4, 0.5) is 0 Å². The molecule has 0 bridgehead atoms. The third-order valence-corrected chi connectivity index (χ3v) is 6.92. The molecule has 2 heterocycles. The first-order chi connectivity index (χ1) is 14.2. The minimum absolute atomic E-state index is 0.0173. The summed E-state index contributed by atoms with van der Waals surface area (Å²) in [7, 11) is -4.00. The van der Waals surface area contributed by atoms with Gasteiger partial charge in [0, 0.05) is 19.5 Å². The summed E-state index contributed by atoms with van der Waals surface area (Å²) in [6.45, 7) is 0.0577. The monoisotopic (exact) mass is 460 g/mol. The van der Waals surface area contributed by atoms with Gasteiger partial charge in [-0.2, -0.15) is 4.72 Å². The Hall–Kier alpha value is -2.71. The number of carbonyl (C=O) groups excluding carboxylic acids is 1. The Morgan fingerprint density at radius 3 is 2.80 bits per heavy atom. The Kier molecular flexibility index (Phi) is 8.56. The number of unbranched alkanes of at least 4 members (excludes halogenated alkanes) is 1. The van der Waals surface area contributed by atoms with Crippen LogP contribution in [-0.4, -0.2) is 62.3 Å². The number of thiophene rings is 1. The number of rotatable bonds is 12. The Morgan fingerprint density at radius 2 is 2.17 bits per heavy atom. The zero-order valence-corrected chi connectivity index (χ0v) is 17.6. The summed E-state index contributed by atoms with van der Waals surface area (Å²) in [5, 5.41) is 17.0. The van der Waals surface area contributed by atoms with Gasteiger partial charge in [0.25, 0.3) is 15.9 Å². The first-order valence-electron chi connectivity index (χ1n) is 9.04. The summed E-state index contributed by atoms with van der Waals surface area (Å²) < 4.78 is 26.4. The van der Waals surface area contributed by atoms with Crippen molar-refractivity contribution in [3.05, 3.63) is 17.5 Å². The van der Waals surface area contributed by atoms with Crippen molar-refractivity contribution in [3.63, 3.8) is 0 Å². The lowest BCUT2D eigenvalue weighted by atomic mass is 10.1. The normalized spacial score (nSPS) is 16.9. The minimum Gasteiger partial charge on any atom is -0.480 e. The number of sulfonamides is 1. The van der Waals surface area contributed by atoms with Gasteiger partial charge in [0.15, 0.2) is 5.96 Å². The number of hydrogen-bond acceptors (Lipinski definition) is 8. The largest absolute Gasteiger partial charge is 0.480 e. The first-order valence-corrected chi connectivity index (χ1v) is 11.4. The molecule has 0 radical (unpaired) electrons. The fraction of sp³-hybridized carbons (Fsp3) is 0.500. The molecule has 12 nitrogen and oxygen atoms in total. The number of nitrogens with one attached hydrogen (secondary N) is 2. The van der Waals surface area contributed by atoms with Gasteiger partial charge < -0.3 is 26.7 Å². The Labute approximate surface area is 177 Å². The predicted octanol–water partition coefficient (Wildman–Crippen LogP) is -0.816. The van der Waals surface area contributed by atoms with Crippen molar-refractivity contribution < 1.29 is 28.0 Å². The van der Waals surface area contributed by atoms with Crippen molar-refractivity contribution in [1.82, 2.24) is 10.0 Å². The van der Waals surface area contributed by atoms with E-state index < -0.39 is 34.5 Å². The number of nitrogens with zero attached hydrogens (tertiary/aromatic N) is 2. The number of aliphatic carboxylic acids is 1. The average molecular weight is 461 g/mol. The number of carboxylic acids is 1. The number of aliphatic imine (C=N–C) groups is 1. The molecule has 1 amide bonds. The molecule has 1 aromatic heterocycles. The van der Waals surface area contributed by atoms with Crippen LogP contribution >= 0.6 is 11.3 Å². The van der Waals surface area contributed by atoms with Crippen LogP contribution in [0.25, 0.3) is 0 Å². The molecule has 0 saturated carbocycles. The van der Waals surface area contributed by atoms with Crippen molar-refractivity contribution in [1.29, 1.82) is 0 Å². The van der Waals surface area contributed by atoms with Gasteiger partial charge in [-0.15, -0.1) is 11.3 Å². The van der Waals surface area contributed by atoms with Crippen molar-refractivity contribution in [3.8, 4) is 0 Å². The smallest absolute Gasteiger partial charge is 0.323 e. The molecule has 7 N–H and O–H groups in total. The van der Waals surface area contributed by atoms with Gasteiger partial charge in [0.1, 0.15) is 22.1 Å². The molecule has 0 spiro atoms. The highest BCUT2D eigenvalue weighted by Gasteiger charge is 2.29. The molecule has 1 aliphatic heterocycles. The summed E-state index contributed by atoms with van der Waals surface area (Å²) in [5.41, 5.74) is 10.6. The maximum Gasteiger partial charge on any atom is 0.323 e. The van der Waals surface area contributed by atoms with E-state index in [1.807, 2.05) is 0 Å². The molecule has 30 heavy (non-hydrogen) atoms. The third kappa shape index (κ3) is 7.27. The lowest BCUT2D eigenvalue weighted by Crippen LogP contribution is -2.49. The summed E-state index contributed by atoms with van der Waals surface area (Å²) in [4.78, 5) is 32.7. The van der Waals surface area contributed by atoms with Crippen molar-refractivity contribution in [2.45, 2.75) is 42.0 Å². The minimum atomic E-state index is -4.00. The number of nitrogens with two attached hydrogens (primary N) is 2. The van der Waals surface area contributed by atoms with Crippen LogP contribution in [0.2, 0.25) is 0 Å². The summed E-state index contributed by atoms with van der Waals surface area (Å²) in [6.07, 6.45) is 2.19. The number of hydrogen-bond donors (Lipinski definition) is 5. The van der Waals surface area contributed by atoms with Crippen molar-refractivity contribution in [2.75, 3.05) is 13.1 Å². The second kappa shape index (κ2) is 10.9. The van der Waals surface area contributed by atoms with E-state index in [9.17, 15) is 23.1 Å². The highest BCUT2D eigenvalue weighted by Crippen LogP contribution is 2.17. The summed E-state index contributed by atoms with van der Waals surface area (Å²) in [6, 6.07) is 1.36. The molecule has 2 atom stereocenters. The second-order valence-corrected chi connectivity index (χ2v) is 9.31. The second-order valence-electron chi connectivity index (χ2n) is 6.43. The molecule has 0 aliphatic carbocycles. The lowest BCUT2D eigenvalue weighted by Gasteiger charge is -2.14. The predicted molar refractivity (Wildman–Crippen MR) is 111 cm³/mol. The van der Waals surface area contributed by atoms with Crippen LogP contribution in [0.15, 0.2) is 31.9 Å².